The molecule has 0 atom stereocenters. The van der Waals surface area contributed by atoms with Crippen molar-refractivity contribution in [2.24, 2.45) is 10.2 Å². The molecule has 6 aromatic rings. The molecule has 0 aliphatic rings. The van der Waals surface area contributed by atoms with Crippen molar-refractivity contribution in [3.05, 3.63) is 127 Å². The molecule has 2 heterocycles. The number of hydrogen-bond acceptors (Lipinski definition) is 7. The maximum atomic E-state index is 13.3. The van der Waals surface area contributed by atoms with Gasteiger partial charge in [0.05, 0.1) is 35.3 Å². The Kier molecular flexibility index (Phi) is 7.00. The predicted molar refractivity (Wildman–Crippen MR) is 157 cm³/mol. The number of phenols is 1. The second-order valence-electron chi connectivity index (χ2n) is 9.20. The average molecular weight is 541 g/mol. The van der Waals surface area contributed by atoms with Crippen LogP contribution in [0.3, 0.4) is 0 Å². The first kappa shape index (κ1) is 25.6. The molecule has 0 aliphatic heterocycles. The van der Waals surface area contributed by atoms with Gasteiger partial charge in [0.25, 0.3) is 5.91 Å². The number of nitrogens with zero attached hydrogens (tertiary/aromatic N) is 5. The molecule has 6 rings (SSSR count). The molecule has 1 amide bonds. The summed E-state index contributed by atoms with van der Waals surface area (Å²) in [5, 5.41) is 38.4. The first-order chi connectivity index (χ1) is 20.1. The van der Waals surface area contributed by atoms with E-state index in [0.29, 0.717) is 33.5 Å². The number of anilines is 1. The fraction of sp³-hybridized carbons (Fsp3) is 0.0312. The van der Waals surface area contributed by atoms with E-state index in [1.54, 1.807) is 47.4 Å². The van der Waals surface area contributed by atoms with Crippen molar-refractivity contribution < 1.29 is 15.0 Å². The van der Waals surface area contributed by atoms with E-state index in [0.717, 1.165) is 11.3 Å². The number of azo groups is 1. The van der Waals surface area contributed by atoms with Gasteiger partial charge in [-0.1, -0.05) is 60.7 Å². The van der Waals surface area contributed by atoms with Crippen molar-refractivity contribution >= 4 is 33.9 Å². The molecule has 2 aromatic heterocycles. The number of aliphatic hydroxyl groups excluding tert-OH is 1. The third kappa shape index (κ3) is 5.17. The van der Waals surface area contributed by atoms with Crippen LogP contribution in [0, 0.1) is 0 Å². The lowest BCUT2D eigenvalue weighted by atomic mass is 10.0. The minimum atomic E-state index is -0.509. The van der Waals surface area contributed by atoms with Gasteiger partial charge in [-0.25, -0.2) is 4.68 Å². The van der Waals surface area contributed by atoms with E-state index in [1.165, 1.54) is 0 Å². The Balaban J connectivity index is 1.45. The zero-order chi connectivity index (χ0) is 28.2. The lowest BCUT2D eigenvalue weighted by Crippen LogP contribution is -2.12. The van der Waals surface area contributed by atoms with Crippen LogP contribution in [0.1, 0.15) is 15.9 Å². The summed E-state index contributed by atoms with van der Waals surface area (Å²) in [4.78, 5) is 17.7. The molecule has 9 nitrogen and oxygen atoms in total. The Labute approximate surface area is 235 Å². The van der Waals surface area contributed by atoms with Gasteiger partial charge in [0.1, 0.15) is 5.69 Å². The molecule has 9 heteroatoms. The third-order valence-electron chi connectivity index (χ3n) is 6.56. The number of nitrogens with one attached hydrogen (secondary N) is 1. The van der Waals surface area contributed by atoms with Gasteiger partial charge in [0, 0.05) is 17.3 Å². The molecule has 0 saturated heterocycles. The third-order valence-corrected chi connectivity index (χ3v) is 6.56. The molecule has 0 aliphatic carbocycles. The summed E-state index contributed by atoms with van der Waals surface area (Å²) in [5.41, 5.74) is 3.54. The van der Waals surface area contributed by atoms with E-state index in [4.69, 9.17) is 0 Å². The van der Waals surface area contributed by atoms with Crippen molar-refractivity contribution in [1.29, 1.82) is 0 Å². The molecular weight excluding hydrogens is 516 g/mol. The summed E-state index contributed by atoms with van der Waals surface area (Å²) < 4.78 is 1.65. The summed E-state index contributed by atoms with van der Waals surface area (Å²) in [7, 11) is 0. The molecule has 41 heavy (non-hydrogen) atoms. The van der Waals surface area contributed by atoms with Crippen molar-refractivity contribution in [3.63, 3.8) is 0 Å². The Bertz CT molecular complexity index is 1810. The van der Waals surface area contributed by atoms with Crippen LogP contribution < -0.4 is 5.32 Å². The molecule has 4 aromatic carbocycles. The summed E-state index contributed by atoms with van der Waals surface area (Å²) in [5.74, 6) is -0.399. The largest absolute Gasteiger partial charge is 0.505 e. The summed E-state index contributed by atoms with van der Waals surface area (Å²) in [6.07, 6.45) is 3.36. The number of para-hydroxylation sites is 1. The predicted octanol–water partition coefficient (Wildman–Crippen LogP) is 6.95. The zero-order valence-electron chi connectivity index (χ0n) is 21.7. The highest BCUT2D eigenvalue weighted by molar-refractivity contribution is 6.11. The van der Waals surface area contributed by atoms with Crippen LogP contribution in [0.15, 0.2) is 126 Å². The smallest absolute Gasteiger partial charge is 0.259 e. The maximum Gasteiger partial charge on any atom is 0.259 e. The number of carbonyl (C=O) groups excluding carboxylic acids is 1. The van der Waals surface area contributed by atoms with E-state index >= 15 is 0 Å². The number of aliphatic hydroxyl groups is 1. The van der Waals surface area contributed by atoms with E-state index in [1.807, 2.05) is 72.8 Å². The van der Waals surface area contributed by atoms with Crippen LogP contribution in [-0.2, 0) is 6.61 Å². The summed E-state index contributed by atoms with van der Waals surface area (Å²) in [6.45, 7) is -0.0979. The average Bonchev–Trinajstić information content (AvgIpc) is 3.45. The summed E-state index contributed by atoms with van der Waals surface area (Å²) in [6, 6.07) is 30.8. The van der Waals surface area contributed by atoms with Crippen LogP contribution in [0.5, 0.6) is 5.75 Å². The van der Waals surface area contributed by atoms with Crippen LogP contribution in [-0.4, -0.2) is 30.9 Å². The molecule has 0 bridgehead atoms. The minimum absolute atomic E-state index is 0.0467. The molecule has 0 spiro atoms. The Morgan fingerprint density at radius 3 is 2.39 bits per heavy atom. The first-order valence-electron chi connectivity index (χ1n) is 12.8. The molecule has 0 unspecified atom stereocenters. The fourth-order valence-electron chi connectivity index (χ4n) is 4.48. The van der Waals surface area contributed by atoms with Gasteiger partial charge in [-0.15, -0.1) is 10.2 Å². The Hall–Kier alpha value is -5.67. The number of aromatic hydroxyl groups is 1. The quantitative estimate of drug-likeness (QED) is 0.189. The molecular formula is C32H24N6O3. The van der Waals surface area contributed by atoms with E-state index < -0.39 is 5.91 Å². The summed E-state index contributed by atoms with van der Waals surface area (Å²) >= 11 is 0. The number of benzene rings is 4. The Morgan fingerprint density at radius 2 is 1.63 bits per heavy atom. The second-order valence-corrected chi connectivity index (χ2v) is 9.20. The number of fused-ring (bicyclic) bond motifs is 1. The highest BCUT2D eigenvalue weighted by Gasteiger charge is 2.20. The van der Waals surface area contributed by atoms with Crippen LogP contribution in [0.25, 0.3) is 27.7 Å². The van der Waals surface area contributed by atoms with E-state index in [-0.39, 0.29) is 23.6 Å². The molecule has 3 N–H and O–H groups in total. The van der Waals surface area contributed by atoms with E-state index in [9.17, 15) is 15.0 Å². The van der Waals surface area contributed by atoms with E-state index in [2.05, 4.69) is 25.6 Å². The second kappa shape index (κ2) is 11.2. The van der Waals surface area contributed by atoms with Gasteiger partial charge in [-0.2, -0.15) is 5.10 Å². The molecule has 0 radical (unpaired) electrons. The van der Waals surface area contributed by atoms with Crippen LogP contribution in [0.4, 0.5) is 17.2 Å². The van der Waals surface area contributed by atoms with Gasteiger partial charge in [0.15, 0.2) is 11.6 Å². The van der Waals surface area contributed by atoms with Gasteiger partial charge >= 0.3 is 0 Å². The van der Waals surface area contributed by atoms with Crippen molar-refractivity contribution in [2.45, 2.75) is 6.61 Å². The lowest BCUT2D eigenvalue weighted by Gasteiger charge is -2.12. The van der Waals surface area contributed by atoms with Gasteiger partial charge < -0.3 is 15.5 Å². The van der Waals surface area contributed by atoms with Crippen LogP contribution >= 0.6 is 0 Å². The number of pyridine rings is 1. The number of hydrogen-bond donors (Lipinski definition) is 3. The zero-order valence-corrected chi connectivity index (χ0v) is 21.7. The van der Waals surface area contributed by atoms with Crippen LogP contribution in [0.2, 0.25) is 0 Å². The highest BCUT2D eigenvalue weighted by Crippen LogP contribution is 2.41. The first-order valence-corrected chi connectivity index (χ1v) is 12.8. The number of rotatable bonds is 7. The number of aromatic nitrogens is 3. The Morgan fingerprint density at radius 1 is 0.878 bits per heavy atom. The highest BCUT2D eigenvalue weighted by atomic mass is 16.3. The van der Waals surface area contributed by atoms with Crippen molar-refractivity contribution in [3.8, 4) is 22.7 Å². The van der Waals surface area contributed by atoms with Gasteiger partial charge in [-0.3, -0.25) is 9.78 Å². The van der Waals surface area contributed by atoms with Gasteiger partial charge in [0.2, 0.25) is 0 Å². The van der Waals surface area contributed by atoms with Crippen molar-refractivity contribution in [1.82, 2.24) is 14.8 Å². The number of amides is 1. The monoisotopic (exact) mass is 540 g/mol. The standard InChI is InChI=1S/C32H24N6O3/c39-20-21-13-15-23(16-14-21)35-32(41)26-18-22-8-4-5-11-25(22)29(30(26)40)36-37-31-27(28-12-6-7-17-33-28)19-34-38(31)24-9-2-1-3-10-24/h1-19,39-40H,20H2,(H,35,41)/b37-36+. The minimum Gasteiger partial charge on any atom is -0.505 e. The molecule has 200 valence electrons. The number of phenolic OH excluding ortho intramolecular Hbond substituents is 1. The maximum absolute atomic E-state index is 13.3. The lowest BCUT2D eigenvalue weighted by molar-refractivity contribution is 0.102. The number of carbonyl (C=O) groups is 1. The molecule has 0 fully saturated rings. The topological polar surface area (TPSA) is 125 Å². The van der Waals surface area contributed by atoms with Gasteiger partial charge in [-0.05, 0) is 53.4 Å². The SMILES string of the molecule is O=C(Nc1ccc(CO)cc1)c1cc2ccccc2c(/N=N/c2c(-c3ccccn3)cnn2-c2ccccc2)c1O. The fourth-order valence-corrected chi connectivity index (χ4v) is 4.48. The van der Waals surface area contributed by atoms with Crippen molar-refractivity contribution in [2.75, 3.05) is 5.32 Å². The normalized spacial score (nSPS) is 11.2. The molecule has 0 saturated carbocycles.